The van der Waals surface area contributed by atoms with Crippen molar-refractivity contribution in [1.29, 1.82) is 0 Å². The van der Waals surface area contributed by atoms with Crippen molar-refractivity contribution in [3.8, 4) is 0 Å². The molecule has 0 spiro atoms. The van der Waals surface area contributed by atoms with E-state index in [1.807, 2.05) is 13.0 Å². The van der Waals surface area contributed by atoms with Crippen molar-refractivity contribution in [3.63, 3.8) is 0 Å². The predicted molar refractivity (Wildman–Crippen MR) is 93.7 cm³/mol. The Labute approximate surface area is 142 Å². The number of halogens is 2. The summed E-state index contributed by atoms with van der Waals surface area (Å²) in [6.45, 7) is 1.89. The minimum atomic E-state index is -0.360. The third kappa shape index (κ3) is 3.09. The molecule has 116 valence electrons. The lowest BCUT2D eigenvalue weighted by Gasteiger charge is -2.10. The van der Waals surface area contributed by atoms with Gasteiger partial charge in [0.2, 0.25) is 0 Å². The molecular weight excluding hydrogens is 335 g/mol. The maximum absolute atomic E-state index is 12.4. The van der Waals surface area contributed by atoms with Gasteiger partial charge in [-0.15, -0.1) is 0 Å². The maximum atomic E-state index is 12.4. The van der Waals surface area contributed by atoms with E-state index in [9.17, 15) is 9.59 Å². The van der Waals surface area contributed by atoms with Gasteiger partial charge in [-0.05, 0) is 48.2 Å². The molecule has 0 bridgehead atoms. The minimum absolute atomic E-state index is 0.233. The summed E-state index contributed by atoms with van der Waals surface area (Å²) in [5.74, 6) is -0.360. The van der Waals surface area contributed by atoms with Crippen LogP contribution in [0.15, 0.2) is 47.4 Å². The number of aromatic nitrogens is 1. The molecule has 23 heavy (non-hydrogen) atoms. The van der Waals surface area contributed by atoms with E-state index in [-0.39, 0.29) is 16.5 Å². The third-order valence-electron chi connectivity index (χ3n) is 3.48. The average molecular weight is 347 g/mol. The molecule has 0 saturated heterocycles. The zero-order valence-corrected chi connectivity index (χ0v) is 13.6. The highest BCUT2D eigenvalue weighted by Crippen LogP contribution is 2.27. The number of anilines is 1. The predicted octanol–water partition coefficient (Wildman–Crippen LogP) is 4.40. The van der Waals surface area contributed by atoms with E-state index in [4.69, 9.17) is 23.2 Å². The van der Waals surface area contributed by atoms with Crippen LogP contribution in [0.5, 0.6) is 0 Å². The van der Waals surface area contributed by atoms with Crippen LogP contribution in [0.1, 0.15) is 15.9 Å². The van der Waals surface area contributed by atoms with Crippen LogP contribution in [0.25, 0.3) is 10.8 Å². The van der Waals surface area contributed by atoms with Gasteiger partial charge in [-0.1, -0.05) is 29.3 Å². The zero-order valence-electron chi connectivity index (χ0n) is 12.1. The number of benzene rings is 2. The normalized spacial score (nSPS) is 10.7. The monoisotopic (exact) mass is 346 g/mol. The summed E-state index contributed by atoms with van der Waals surface area (Å²) in [4.78, 5) is 26.7. The summed E-state index contributed by atoms with van der Waals surface area (Å²) in [7, 11) is 0. The molecule has 4 nitrogen and oxygen atoms in total. The van der Waals surface area contributed by atoms with Crippen LogP contribution in [0.4, 0.5) is 5.69 Å². The average Bonchev–Trinajstić information content (AvgIpc) is 2.49. The second kappa shape index (κ2) is 6.07. The Balaban J connectivity index is 1.99. The smallest absolute Gasteiger partial charge is 0.257 e. The highest BCUT2D eigenvalue weighted by Gasteiger charge is 2.13. The summed E-state index contributed by atoms with van der Waals surface area (Å²) in [5.41, 5.74) is 1.52. The number of H-pyrrole nitrogens is 1. The second-order valence-electron chi connectivity index (χ2n) is 5.16. The van der Waals surface area contributed by atoms with Crippen molar-refractivity contribution in [2.45, 2.75) is 6.92 Å². The van der Waals surface area contributed by atoms with E-state index in [1.54, 1.807) is 30.5 Å². The highest BCUT2D eigenvalue weighted by molar-refractivity contribution is 6.36. The van der Waals surface area contributed by atoms with Gasteiger partial charge in [-0.2, -0.15) is 0 Å². The number of pyridine rings is 1. The Bertz CT molecular complexity index is 980. The standard InChI is InChI=1S/C17H12Cl2N2O2/c1-9-2-3-11(13(18)6-9)17(23)21-15-7-10-4-5-20-16(22)12(10)8-14(15)19/h2-8H,1H3,(H,20,22)(H,21,23). The molecule has 0 saturated carbocycles. The largest absolute Gasteiger partial charge is 0.329 e. The number of nitrogens with one attached hydrogen (secondary N) is 2. The lowest BCUT2D eigenvalue weighted by atomic mass is 10.1. The lowest BCUT2D eigenvalue weighted by Crippen LogP contribution is -2.13. The van der Waals surface area contributed by atoms with Crippen LogP contribution in [0.2, 0.25) is 10.0 Å². The molecule has 2 aromatic carbocycles. The molecule has 0 fully saturated rings. The number of carbonyl (C=O) groups excluding carboxylic acids is 1. The molecule has 0 radical (unpaired) electrons. The number of rotatable bonds is 2. The van der Waals surface area contributed by atoms with E-state index in [0.717, 1.165) is 5.56 Å². The van der Waals surface area contributed by atoms with Gasteiger partial charge in [-0.3, -0.25) is 9.59 Å². The Hall–Kier alpha value is -2.30. The van der Waals surface area contributed by atoms with Crippen molar-refractivity contribution in [2.24, 2.45) is 0 Å². The molecule has 1 aromatic heterocycles. The number of hydrogen-bond acceptors (Lipinski definition) is 2. The molecule has 0 unspecified atom stereocenters. The van der Waals surface area contributed by atoms with E-state index in [1.165, 1.54) is 6.07 Å². The molecule has 2 N–H and O–H groups in total. The van der Waals surface area contributed by atoms with Crippen molar-refractivity contribution >= 4 is 45.6 Å². The third-order valence-corrected chi connectivity index (χ3v) is 4.10. The zero-order chi connectivity index (χ0) is 16.6. The van der Waals surface area contributed by atoms with Gasteiger partial charge < -0.3 is 10.3 Å². The Morgan fingerprint density at radius 2 is 1.87 bits per heavy atom. The Morgan fingerprint density at radius 3 is 2.61 bits per heavy atom. The van der Waals surface area contributed by atoms with Crippen LogP contribution < -0.4 is 10.9 Å². The van der Waals surface area contributed by atoms with E-state index in [0.29, 0.717) is 27.0 Å². The minimum Gasteiger partial charge on any atom is -0.329 e. The topological polar surface area (TPSA) is 62.0 Å². The van der Waals surface area contributed by atoms with E-state index in [2.05, 4.69) is 10.3 Å². The number of amides is 1. The van der Waals surface area contributed by atoms with Crippen molar-refractivity contribution in [3.05, 3.63) is 74.1 Å². The Kier molecular flexibility index (Phi) is 4.11. The first-order chi connectivity index (χ1) is 11.0. The van der Waals surface area contributed by atoms with E-state index >= 15 is 0 Å². The van der Waals surface area contributed by atoms with Gasteiger partial charge in [0.05, 0.1) is 21.3 Å². The molecule has 3 aromatic rings. The molecule has 0 aliphatic carbocycles. The summed E-state index contributed by atoms with van der Waals surface area (Å²) in [6.07, 6.45) is 1.54. The number of aromatic amines is 1. The van der Waals surface area contributed by atoms with E-state index < -0.39 is 0 Å². The van der Waals surface area contributed by atoms with Crippen LogP contribution in [-0.4, -0.2) is 10.9 Å². The van der Waals surface area contributed by atoms with Gasteiger partial charge in [-0.25, -0.2) is 0 Å². The first-order valence-corrected chi connectivity index (χ1v) is 7.60. The number of aryl methyl sites for hydroxylation is 1. The highest BCUT2D eigenvalue weighted by atomic mass is 35.5. The number of hydrogen-bond donors (Lipinski definition) is 2. The quantitative estimate of drug-likeness (QED) is 0.722. The van der Waals surface area contributed by atoms with Crippen LogP contribution in [0, 0.1) is 6.92 Å². The SMILES string of the molecule is Cc1ccc(C(=O)Nc2cc3cc[nH]c(=O)c3cc2Cl)c(Cl)c1. The summed E-state index contributed by atoms with van der Waals surface area (Å²) in [6, 6.07) is 10.1. The number of fused-ring (bicyclic) bond motifs is 1. The van der Waals surface area contributed by atoms with Crippen LogP contribution in [-0.2, 0) is 0 Å². The fourth-order valence-electron chi connectivity index (χ4n) is 2.30. The molecule has 6 heteroatoms. The Morgan fingerprint density at radius 1 is 1.09 bits per heavy atom. The first-order valence-electron chi connectivity index (χ1n) is 6.84. The molecule has 0 aliphatic heterocycles. The molecular formula is C17H12Cl2N2O2. The van der Waals surface area contributed by atoms with Gasteiger partial charge in [0.25, 0.3) is 11.5 Å². The van der Waals surface area contributed by atoms with Gasteiger partial charge >= 0.3 is 0 Å². The summed E-state index contributed by atoms with van der Waals surface area (Å²) >= 11 is 12.3. The lowest BCUT2D eigenvalue weighted by molar-refractivity contribution is 0.102. The van der Waals surface area contributed by atoms with Gasteiger partial charge in [0.15, 0.2) is 0 Å². The van der Waals surface area contributed by atoms with Crippen molar-refractivity contribution in [2.75, 3.05) is 5.32 Å². The molecule has 3 rings (SSSR count). The maximum Gasteiger partial charge on any atom is 0.257 e. The molecule has 0 atom stereocenters. The summed E-state index contributed by atoms with van der Waals surface area (Å²) in [5, 5.41) is 4.53. The van der Waals surface area contributed by atoms with Crippen molar-refractivity contribution < 1.29 is 4.79 Å². The molecule has 0 aliphatic rings. The molecule has 1 amide bonds. The summed E-state index contributed by atoms with van der Waals surface area (Å²) < 4.78 is 0. The first kappa shape index (κ1) is 15.6. The second-order valence-corrected chi connectivity index (χ2v) is 5.98. The fraction of sp³-hybridized carbons (Fsp3) is 0.0588. The van der Waals surface area contributed by atoms with Crippen molar-refractivity contribution in [1.82, 2.24) is 4.98 Å². The van der Waals surface area contributed by atoms with Gasteiger partial charge in [0, 0.05) is 11.6 Å². The molecule has 1 heterocycles. The van der Waals surface area contributed by atoms with Crippen LogP contribution in [0.3, 0.4) is 0 Å². The fourth-order valence-corrected chi connectivity index (χ4v) is 2.83. The van der Waals surface area contributed by atoms with Gasteiger partial charge in [0.1, 0.15) is 0 Å². The van der Waals surface area contributed by atoms with Crippen LogP contribution >= 0.6 is 23.2 Å². The number of carbonyl (C=O) groups is 1.